The second kappa shape index (κ2) is 5.24. The van der Waals surface area contributed by atoms with Crippen LogP contribution in [0.25, 0.3) is 0 Å². The number of nitrogens with zero attached hydrogens (tertiary/aromatic N) is 3. The zero-order chi connectivity index (χ0) is 12.4. The lowest BCUT2D eigenvalue weighted by molar-refractivity contribution is 0.0994. The molecule has 0 aliphatic carbocycles. The van der Waals surface area contributed by atoms with Crippen molar-refractivity contribution >= 4 is 5.82 Å². The Morgan fingerprint density at radius 1 is 1.39 bits per heavy atom. The van der Waals surface area contributed by atoms with Crippen LogP contribution in [0.15, 0.2) is 18.3 Å². The first kappa shape index (κ1) is 11.9. The van der Waals surface area contributed by atoms with Gasteiger partial charge in [0.05, 0.1) is 0 Å². The lowest BCUT2D eigenvalue weighted by atomic mass is 10.1. The van der Waals surface area contributed by atoms with Gasteiger partial charge in [0.15, 0.2) is 0 Å². The minimum atomic E-state index is 0.799. The zero-order valence-corrected chi connectivity index (χ0v) is 11.1. The zero-order valence-electron chi connectivity index (χ0n) is 11.1. The summed E-state index contributed by atoms with van der Waals surface area (Å²) < 4.78 is 0. The van der Waals surface area contributed by atoms with Gasteiger partial charge in [-0.05, 0) is 25.5 Å². The molecule has 2 aliphatic rings. The minimum absolute atomic E-state index is 0.799. The Balaban J connectivity index is 1.66. The fraction of sp³-hybridized carbons (Fsp3) is 0.643. The summed E-state index contributed by atoms with van der Waals surface area (Å²) in [4.78, 5) is 9.61. The van der Waals surface area contributed by atoms with E-state index in [1.807, 2.05) is 19.3 Å². The van der Waals surface area contributed by atoms with Gasteiger partial charge in [0.25, 0.3) is 0 Å². The lowest BCUT2D eigenvalue weighted by Gasteiger charge is -2.37. The highest BCUT2D eigenvalue weighted by Crippen LogP contribution is 2.23. The van der Waals surface area contributed by atoms with Gasteiger partial charge < -0.3 is 5.32 Å². The molecule has 1 aromatic rings. The van der Waals surface area contributed by atoms with Gasteiger partial charge in [0, 0.05) is 51.0 Å². The summed E-state index contributed by atoms with van der Waals surface area (Å²) in [5.74, 6) is 1.02. The topological polar surface area (TPSA) is 31.4 Å². The van der Waals surface area contributed by atoms with E-state index in [0.717, 1.165) is 18.4 Å². The number of hydrogen-bond acceptors (Lipinski definition) is 4. The molecule has 1 unspecified atom stereocenters. The Morgan fingerprint density at radius 2 is 2.33 bits per heavy atom. The molecule has 4 nitrogen and oxygen atoms in total. The number of rotatable bonds is 3. The molecule has 4 heteroatoms. The third-order valence-electron chi connectivity index (χ3n) is 4.19. The summed E-state index contributed by atoms with van der Waals surface area (Å²) in [6, 6.07) is 5.01. The van der Waals surface area contributed by atoms with Crippen LogP contribution in [-0.2, 0) is 6.54 Å². The molecule has 0 aromatic carbocycles. The van der Waals surface area contributed by atoms with Crippen LogP contribution in [0.5, 0.6) is 0 Å². The second-order valence-corrected chi connectivity index (χ2v) is 5.33. The maximum atomic E-state index is 4.38. The molecule has 3 rings (SSSR count). The van der Waals surface area contributed by atoms with Crippen molar-refractivity contribution in [1.82, 2.24) is 14.8 Å². The van der Waals surface area contributed by atoms with Crippen molar-refractivity contribution in [2.24, 2.45) is 0 Å². The predicted octanol–water partition coefficient (Wildman–Crippen LogP) is 1.40. The number of fused-ring (bicyclic) bond motifs is 1. The molecule has 0 saturated carbocycles. The van der Waals surface area contributed by atoms with E-state index in [1.54, 1.807) is 0 Å². The van der Waals surface area contributed by atoms with Crippen LogP contribution in [-0.4, -0.2) is 54.1 Å². The van der Waals surface area contributed by atoms with Crippen LogP contribution in [0.4, 0.5) is 5.82 Å². The molecule has 1 N–H and O–H groups in total. The van der Waals surface area contributed by atoms with Gasteiger partial charge in [-0.15, -0.1) is 0 Å². The average Bonchev–Trinajstić information content (AvgIpc) is 2.87. The van der Waals surface area contributed by atoms with E-state index in [-0.39, 0.29) is 0 Å². The fourth-order valence-corrected chi connectivity index (χ4v) is 3.23. The summed E-state index contributed by atoms with van der Waals surface area (Å²) in [5, 5.41) is 3.18. The monoisotopic (exact) mass is 246 g/mol. The van der Waals surface area contributed by atoms with Crippen molar-refractivity contribution in [3.63, 3.8) is 0 Å². The fourth-order valence-electron chi connectivity index (χ4n) is 3.23. The normalized spacial score (nSPS) is 25.1. The first-order chi connectivity index (χ1) is 8.86. The summed E-state index contributed by atoms with van der Waals surface area (Å²) in [7, 11) is 1.95. The highest BCUT2D eigenvalue weighted by atomic mass is 15.3. The molecule has 0 spiro atoms. The molecule has 1 aromatic heterocycles. The summed E-state index contributed by atoms with van der Waals surface area (Å²) in [6.07, 6.45) is 4.61. The van der Waals surface area contributed by atoms with E-state index in [4.69, 9.17) is 0 Å². The van der Waals surface area contributed by atoms with Crippen molar-refractivity contribution in [3.05, 3.63) is 23.9 Å². The van der Waals surface area contributed by atoms with E-state index in [9.17, 15) is 0 Å². The standard InChI is InChI=1S/C14H22N4/c1-15-14-12(4-2-6-16-14)10-17-8-9-18-7-3-5-13(18)11-17/h2,4,6,13H,3,5,7-11H2,1H3,(H,15,16). The van der Waals surface area contributed by atoms with Crippen LogP contribution < -0.4 is 5.32 Å². The highest BCUT2D eigenvalue weighted by Gasteiger charge is 2.30. The predicted molar refractivity (Wildman–Crippen MR) is 73.7 cm³/mol. The van der Waals surface area contributed by atoms with Crippen LogP contribution in [0.2, 0.25) is 0 Å². The van der Waals surface area contributed by atoms with Gasteiger partial charge >= 0.3 is 0 Å². The molecule has 0 amide bonds. The highest BCUT2D eigenvalue weighted by molar-refractivity contribution is 5.42. The second-order valence-electron chi connectivity index (χ2n) is 5.33. The molecule has 2 saturated heterocycles. The number of hydrogen-bond donors (Lipinski definition) is 1. The molecule has 98 valence electrons. The molecule has 18 heavy (non-hydrogen) atoms. The Bertz CT molecular complexity index is 407. The Kier molecular flexibility index (Phi) is 3.48. The molecule has 1 atom stereocenters. The third kappa shape index (κ3) is 2.35. The van der Waals surface area contributed by atoms with E-state index in [2.05, 4.69) is 26.2 Å². The number of nitrogens with one attached hydrogen (secondary N) is 1. The minimum Gasteiger partial charge on any atom is -0.373 e. The molecule has 2 fully saturated rings. The van der Waals surface area contributed by atoms with Crippen LogP contribution in [0.3, 0.4) is 0 Å². The van der Waals surface area contributed by atoms with Crippen molar-refractivity contribution in [2.45, 2.75) is 25.4 Å². The van der Waals surface area contributed by atoms with E-state index < -0.39 is 0 Å². The average molecular weight is 246 g/mol. The number of anilines is 1. The van der Waals surface area contributed by atoms with Gasteiger partial charge in [-0.3, -0.25) is 9.80 Å². The molecule has 3 heterocycles. The van der Waals surface area contributed by atoms with Crippen molar-refractivity contribution in [2.75, 3.05) is 38.5 Å². The molecular formula is C14H22N4. The largest absolute Gasteiger partial charge is 0.373 e. The molecular weight excluding hydrogens is 224 g/mol. The third-order valence-corrected chi connectivity index (χ3v) is 4.19. The van der Waals surface area contributed by atoms with E-state index in [0.29, 0.717) is 0 Å². The summed E-state index contributed by atoms with van der Waals surface area (Å²) in [5.41, 5.74) is 1.31. The summed E-state index contributed by atoms with van der Waals surface area (Å²) >= 11 is 0. The van der Waals surface area contributed by atoms with Gasteiger partial charge in [-0.25, -0.2) is 4.98 Å². The van der Waals surface area contributed by atoms with Gasteiger partial charge in [-0.1, -0.05) is 6.07 Å². The van der Waals surface area contributed by atoms with Crippen molar-refractivity contribution in [3.8, 4) is 0 Å². The molecule has 0 bridgehead atoms. The van der Waals surface area contributed by atoms with Gasteiger partial charge in [0.1, 0.15) is 5.82 Å². The Hall–Kier alpha value is -1.13. The van der Waals surface area contributed by atoms with Gasteiger partial charge in [0.2, 0.25) is 0 Å². The molecule has 0 radical (unpaired) electrons. The number of aromatic nitrogens is 1. The lowest BCUT2D eigenvalue weighted by Crippen LogP contribution is -2.49. The smallest absolute Gasteiger partial charge is 0.130 e. The quantitative estimate of drug-likeness (QED) is 0.873. The van der Waals surface area contributed by atoms with Crippen molar-refractivity contribution < 1.29 is 0 Å². The first-order valence-corrected chi connectivity index (χ1v) is 6.95. The first-order valence-electron chi connectivity index (χ1n) is 6.95. The Labute approximate surface area is 109 Å². The summed E-state index contributed by atoms with van der Waals surface area (Å²) in [6.45, 7) is 5.98. The Morgan fingerprint density at radius 3 is 3.22 bits per heavy atom. The number of piperazine rings is 1. The van der Waals surface area contributed by atoms with Crippen molar-refractivity contribution in [1.29, 1.82) is 0 Å². The van der Waals surface area contributed by atoms with E-state index >= 15 is 0 Å². The SMILES string of the molecule is CNc1ncccc1CN1CCN2CCCC2C1. The maximum Gasteiger partial charge on any atom is 0.130 e. The van der Waals surface area contributed by atoms with Crippen LogP contribution in [0, 0.1) is 0 Å². The van der Waals surface area contributed by atoms with Crippen LogP contribution >= 0.6 is 0 Å². The van der Waals surface area contributed by atoms with Crippen LogP contribution in [0.1, 0.15) is 18.4 Å². The molecule has 2 aliphatic heterocycles. The maximum absolute atomic E-state index is 4.38. The number of pyridine rings is 1. The van der Waals surface area contributed by atoms with E-state index in [1.165, 1.54) is 44.6 Å². The van der Waals surface area contributed by atoms with Gasteiger partial charge in [-0.2, -0.15) is 0 Å².